The summed E-state index contributed by atoms with van der Waals surface area (Å²) in [5.41, 5.74) is 2.43. The van der Waals surface area contributed by atoms with Crippen LogP contribution in [0, 0.1) is 17.0 Å². The zero-order valence-electron chi connectivity index (χ0n) is 10.8. The van der Waals surface area contributed by atoms with Gasteiger partial charge in [-0.25, -0.2) is 4.63 Å². The molecule has 21 heavy (non-hydrogen) atoms. The highest BCUT2D eigenvalue weighted by Gasteiger charge is 2.23. The topological polar surface area (TPSA) is 94.1 Å². The minimum Gasteiger partial charge on any atom is -0.349 e. The Morgan fingerprint density at radius 1 is 1.24 bits per heavy atom. The van der Waals surface area contributed by atoms with Gasteiger partial charge >= 0.3 is 5.69 Å². The molecular formula is C13H9BrN4O3. The van der Waals surface area contributed by atoms with Gasteiger partial charge in [0.25, 0.3) is 0 Å². The molecule has 1 N–H and O–H groups in total. The van der Waals surface area contributed by atoms with Gasteiger partial charge in [-0.05, 0) is 63.0 Å². The number of rotatable bonds is 3. The number of aromatic nitrogens is 2. The molecule has 0 spiro atoms. The quantitative estimate of drug-likeness (QED) is 0.568. The molecule has 7 nitrogen and oxygen atoms in total. The van der Waals surface area contributed by atoms with Crippen LogP contribution in [0.15, 0.2) is 39.4 Å². The SMILES string of the molecule is Cc1ccc(Nc2ccc3nonc3c2[N+](=O)[O-])c(Br)c1. The highest BCUT2D eigenvalue weighted by atomic mass is 79.9. The number of benzene rings is 2. The lowest BCUT2D eigenvalue weighted by Crippen LogP contribution is -1.98. The molecular weight excluding hydrogens is 340 g/mol. The van der Waals surface area contributed by atoms with Crippen LogP contribution in [0.3, 0.4) is 0 Å². The van der Waals surface area contributed by atoms with Gasteiger partial charge in [0.15, 0.2) is 0 Å². The number of nitro groups is 1. The van der Waals surface area contributed by atoms with E-state index in [0.29, 0.717) is 11.2 Å². The summed E-state index contributed by atoms with van der Waals surface area (Å²) in [5, 5.41) is 21.6. The number of anilines is 2. The zero-order chi connectivity index (χ0) is 15.0. The average molecular weight is 349 g/mol. The molecule has 0 fully saturated rings. The van der Waals surface area contributed by atoms with Crippen molar-refractivity contribution in [1.29, 1.82) is 0 Å². The predicted molar refractivity (Wildman–Crippen MR) is 80.6 cm³/mol. The molecule has 0 aliphatic rings. The third-order valence-electron chi connectivity index (χ3n) is 2.98. The molecule has 106 valence electrons. The van der Waals surface area contributed by atoms with Crippen LogP contribution in [0.25, 0.3) is 11.0 Å². The number of hydrogen-bond donors (Lipinski definition) is 1. The summed E-state index contributed by atoms with van der Waals surface area (Å²) >= 11 is 3.43. The van der Waals surface area contributed by atoms with Gasteiger partial charge < -0.3 is 5.32 Å². The predicted octanol–water partition coefficient (Wildman–Crippen LogP) is 3.95. The second-order valence-electron chi connectivity index (χ2n) is 4.46. The highest BCUT2D eigenvalue weighted by Crippen LogP contribution is 2.35. The van der Waals surface area contributed by atoms with Gasteiger partial charge in [-0.15, -0.1) is 0 Å². The largest absolute Gasteiger partial charge is 0.349 e. The molecule has 3 rings (SSSR count). The van der Waals surface area contributed by atoms with Gasteiger partial charge in [0, 0.05) is 4.47 Å². The number of fused-ring (bicyclic) bond motifs is 1. The van der Waals surface area contributed by atoms with Crippen LogP contribution in [-0.4, -0.2) is 15.2 Å². The Kier molecular flexibility index (Phi) is 3.30. The molecule has 8 heteroatoms. The lowest BCUT2D eigenvalue weighted by Gasteiger charge is -2.09. The molecule has 2 aromatic carbocycles. The number of halogens is 1. The summed E-state index contributed by atoms with van der Waals surface area (Å²) in [6, 6.07) is 8.87. The molecule has 0 bridgehead atoms. The number of nitro benzene ring substituents is 1. The Morgan fingerprint density at radius 3 is 2.71 bits per heavy atom. The van der Waals surface area contributed by atoms with Crippen molar-refractivity contribution >= 4 is 44.0 Å². The third kappa shape index (κ3) is 2.45. The highest BCUT2D eigenvalue weighted by molar-refractivity contribution is 9.10. The number of hydrogen-bond acceptors (Lipinski definition) is 6. The van der Waals surface area contributed by atoms with Gasteiger partial charge in [0.2, 0.25) is 5.52 Å². The van der Waals surface area contributed by atoms with E-state index in [1.54, 1.807) is 12.1 Å². The van der Waals surface area contributed by atoms with E-state index in [9.17, 15) is 10.1 Å². The molecule has 0 aliphatic heterocycles. The third-order valence-corrected chi connectivity index (χ3v) is 3.63. The summed E-state index contributed by atoms with van der Waals surface area (Å²) in [4.78, 5) is 10.8. The molecule has 0 unspecified atom stereocenters. The van der Waals surface area contributed by atoms with Crippen molar-refractivity contribution in [1.82, 2.24) is 10.3 Å². The van der Waals surface area contributed by atoms with Crippen LogP contribution < -0.4 is 5.32 Å². The maximum absolute atomic E-state index is 11.3. The zero-order valence-corrected chi connectivity index (χ0v) is 12.4. The van der Waals surface area contributed by atoms with Crippen LogP contribution in [-0.2, 0) is 0 Å². The molecule has 0 saturated heterocycles. The molecule has 3 aromatic rings. The summed E-state index contributed by atoms with van der Waals surface area (Å²) in [6.07, 6.45) is 0. The first-order chi connectivity index (χ1) is 10.1. The number of nitrogens with one attached hydrogen (secondary N) is 1. The standard InChI is InChI=1S/C13H9BrN4O3/c1-7-2-3-9(8(14)6-7)15-11-5-4-10-12(17-21-16-10)13(11)18(19)20/h2-6,15H,1H3. The molecule has 0 aliphatic carbocycles. The van der Waals surface area contributed by atoms with Crippen molar-refractivity contribution in [3.63, 3.8) is 0 Å². The second kappa shape index (κ2) is 5.13. The Bertz CT molecular complexity index is 847. The van der Waals surface area contributed by atoms with E-state index in [0.717, 1.165) is 15.7 Å². The molecule has 1 aromatic heterocycles. The monoisotopic (exact) mass is 348 g/mol. The Labute approximate surface area is 127 Å². The lowest BCUT2D eigenvalue weighted by molar-refractivity contribution is -0.382. The smallest absolute Gasteiger partial charge is 0.323 e. The Balaban J connectivity index is 2.11. The molecule has 1 heterocycles. The van der Waals surface area contributed by atoms with E-state index in [-0.39, 0.29) is 11.2 Å². The Hall–Kier alpha value is -2.48. The van der Waals surface area contributed by atoms with Gasteiger partial charge in [-0.2, -0.15) is 0 Å². The summed E-state index contributed by atoms with van der Waals surface area (Å²) in [7, 11) is 0. The van der Waals surface area contributed by atoms with Crippen molar-refractivity contribution in [3.8, 4) is 0 Å². The summed E-state index contributed by atoms with van der Waals surface area (Å²) in [5.74, 6) is 0. The molecule has 0 radical (unpaired) electrons. The fraction of sp³-hybridized carbons (Fsp3) is 0.0769. The van der Waals surface area contributed by atoms with E-state index in [1.807, 2.05) is 25.1 Å². The van der Waals surface area contributed by atoms with Crippen molar-refractivity contribution in [2.24, 2.45) is 0 Å². The van der Waals surface area contributed by atoms with E-state index < -0.39 is 4.92 Å². The van der Waals surface area contributed by atoms with Crippen molar-refractivity contribution in [3.05, 3.63) is 50.5 Å². The lowest BCUT2D eigenvalue weighted by atomic mass is 10.2. The first-order valence-corrected chi connectivity index (χ1v) is 6.78. The van der Waals surface area contributed by atoms with Crippen LogP contribution in [0.5, 0.6) is 0 Å². The fourth-order valence-electron chi connectivity index (χ4n) is 1.99. The minimum absolute atomic E-state index is 0.119. The van der Waals surface area contributed by atoms with Gasteiger partial charge in [-0.1, -0.05) is 6.07 Å². The van der Waals surface area contributed by atoms with Crippen molar-refractivity contribution in [2.75, 3.05) is 5.32 Å². The molecule has 0 saturated carbocycles. The van der Waals surface area contributed by atoms with E-state index in [4.69, 9.17) is 0 Å². The van der Waals surface area contributed by atoms with E-state index >= 15 is 0 Å². The summed E-state index contributed by atoms with van der Waals surface area (Å²) < 4.78 is 5.37. The maximum atomic E-state index is 11.3. The van der Waals surface area contributed by atoms with Gasteiger partial charge in [-0.3, -0.25) is 10.1 Å². The molecule has 0 atom stereocenters. The first kappa shape index (κ1) is 13.5. The first-order valence-electron chi connectivity index (χ1n) is 5.99. The van der Waals surface area contributed by atoms with Gasteiger partial charge in [0.05, 0.1) is 10.6 Å². The molecule has 0 amide bonds. The Morgan fingerprint density at radius 2 is 2.00 bits per heavy atom. The van der Waals surface area contributed by atoms with Crippen LogP contribution >= 0.6 is 15.9 Å². The fourth-order valence-corrected chi connectivity index (χ4v) is 2.58. The van der Waals surface area contributed by atoms with Gasteiger partial charge in [0.1, 0.15) is 11.2 Å². The van der Waals surface area contributed by atoms with Crippen LogP contribution in [0.2, 0.25) is 0 Å². The van der Waals surface area contributed by atoms with Crippen LogP contribution in [0.4, 0.5) is 17.1 Å². The van der Waals surface area contributed by atoms with Crippen LogP contribution in [0.1, 0.15) is 5.56 Å². The summed E-state index contributed by atoms with van der Waals surface area (Å²) in [6.45, 7) is 1.96. The normalized spacial score (nSPS) is 10.8. The van der Waals surface area contributed by atoms with Crippen molar-refractivity contribution < 1.29 is 9.55 Å². The average Bonchev–Trinajstić information content (AvgIpc) is 2.89. The number of aryl methyl sites for hydroxylation is 1. The maximum Gasteiger partial charge on any atom is 0.323 e. The van der Waals surface area contributed by atoms with E-state index in [1.165, 1.54) is 0 Å². The number of nitrogens with zero attached hydrogens (tertiary/aromatic N) is 3. The minimum atomic E-state index is -0.503. The van der Waals surface area contributed by atoms with Crippen molar-refractivity contribution in [2.45, 2.75) is 6.92 Å². The van der Waals surface area contributed by atoms with E-state index in [2.05, 4.69) is 36.2 Å². The second-order valence-corrected chi connectivity index (χ2v) is 5.31.